The minimum atomic E-state index is -4.77. The normalized spacial score (nSPS) is 11.1. The Balaban J connectivity index is 1.93. The smallest absolute Gasteiger partial charge is 0.326 e. The fourth-order valence-electron chi connectivity index (χ4n) is 2.44. The van der Waals surface area contributed by atoms with Crippen molar-refractivity contribution in [2.24, 2.45) is 0 Å². The monoisotopic (exact) mass is 405 g/mol. The molecule has 28 heavy (non-hydrogen) atoms. The first kappa shape index (κ1) is 19.6. The number of alkyl halides is 3. The van der Waals surface area contributed by atoms with Gasteiger partial charge in [-0.1, -0.05) is 36.4 Å². The molecule has 2 N–H and O–H groups in total. The second-order valence-corrected chi connectivity index (χ2v) is 6.78. The molecule has 0 atom stereocenters. The van der Waals surface area contributed by atoms with Crippen LogP contribution >= 0.6 is 11.3 Å². The third-order valence-corrected chi connectivity index (χ3v) is 4.67. The molecule has 0 aliphatic carbocycles. The number of carbonyl (C=O) groups is 2. The molecule has 0 aliphatic heterocycles. The summed E-state index contributed by atoms with van der Waals surface area (Å²) >= 11 is 0.669. The summed E-state index contributed by atoms with van der Waals surface area (Å²) in [4.78, 5) is 26.8. The minimum absolute atomic E-state index is 0.102. The molecule has 0 aliphatic rings. The molecule has 3 rings (SSSR count). The average molecular weight is 405 g/mol. The van der Waals surface area contributed by atoms with Crippen molar-refractivity contribution in [3.63, 3.8) is 0 Å². The number of rotatable bonds is 4. The topological polar surface area (TPSA) is 71.1 Å². The van der Waals surface area contributed by atoms with Gasteiger partial charge in [0.2, 0.25) is 5.91 Å². The van der Waals surface area contributed by atoms with Crippen LogP contribution in [0, 0.1) is 0 Å². The van der Waals surface area contributed by atoms with Crippen LogP contribution in [0.2, 0.25) is 0 Å². The van der Waals surface area contributed by atoms with Crippen LogP contribution in [-0.4, -0.2) is 16.8 Å². The van der Waals surface area contributed by atoms with Gasteiger partial charge in [0.1, 0.15) is 9.88 Å². The highest BCUT2D eigenvalue weighted by Gasteiger charge is 2.39. The molecule has 0 saturated heterocycles. The van der Waals surface area contributed by atoms with Gasteiger partial charge in [-0.15, -0.1) is 11.3 Å². The maximum Gasteiger partial charge on any atom is 0.435 e. The van der Waals surface area contributed by atoms with Crippen LogP contribution in [0.4, 0.5) is 24.5 Å². The molecule has 0 unspecified atom stereocenters. The highest BCUT2D eigenvalue weighted by atomic mass is 32.1. The second kappa shape index (κ2) is 7.81. The Labute approximate surface area is 162 Å². The molecular formula is C19H14F3N3O2S. The Kier molecular flexibility index (Phi) is 5.46. The largest absolute Gasteiger partial charge is 0.435 e. The van der Waals surface area contributed by atoms with E-state index in [-0.39, 0.29) is 16.6 Å². The van der Waals surface area contributed by atoms with E-state index in [0.717, 1.165) is 0 Å². The number of carbonyl (C=O) groups excluding carboxylic acids is 2. The minimum Gasteiger partial charge on any atom is -0.326 e. The molecule has 1 aromatic heterocycles. The predicted octanol–water partition coefficient (Wildman–Crippen LogP) is 5.04. The van der Waals surface area contributed by atoms with E-state index in [1.807, 2.05) is 0 Å². The van der Waals surface area contributed by atoms with Gasteiger partial charge < -0.3 is 10.6 Å². The zero-order valence-electron chi connectivity index (χ0n) is 14.5. The van der Waals surface area contributed by atoms with Crippen molar-refractivity contribution in [1.29, 1.82) is 0 Å². The summed E-state index contributed by atoms with van der Waals surface area (Å²) in [6, 6.07) is 14.5. The summed E-state index contributed by atoms with van der Waals surface area (Å²) in [5.74, 6) is -1.23. The second-order valence-electron chi connectivity index (χ2n) is 5.78. The van der Waals surface area contributed by atoms with Crippen LogP contribution in [0.1, 0.15) is 22.3 Å². The Morgan fingerprint density at radius 1 is 0.964 bits per heavy atom. The number of thiazole rings is 1. The average Bonchev–Trinajstić information content (AvgIpc) is 3.08. The van der Waals surface area contributed by atoms with E-state index in [9.17, 15) is 22.8 Å². The van der Waals surface area contributed by atoms with Crippen molar-refractivity contribution >= 4 is 34.5 Å². The quantitative estimate of drug-likeness (QED) is 0.639. The van der Waals surface area contributed by atoms with Crippen LogP contribution in [0.25, 0.3) is 10.6 Å². The summed E-state index contributed by atoms with van der Waals surface area (Å²) in [5, 5.41) is 5.07. The van der Waals surface area contributed by atoms with Gasteiger partial charge in [0.15, 0.2) is 5.69 Å². The molecule has 3 aromatic rings. The van der Waals surface area contributed by atoms with Crippen molar-refractivity contribution in [2.75, 3.05) is 10.6 Å². The number of nitrogens with one attached hydrogen (secondary N) is 2. The van der Waals surface area contributed by atoms with Gasteiger partial charge in [-0.25, -0.2) is 4.98 Å². The zero-order chi connectivity index (χ0) is 20.3. The molecule has 2 aromatic carbocycles. The number of benzene rings is 2. The van der Waals surface area contributed by atoms with Crippen LogP contribution in [0.15, 0.2) is 54.6 Å². The molecule has 144 valence electrons. The molecule has 1 heterocycles. The number of aromatic nitrogens is 1. The van der Waals surface area contributed by atoms with Crippen LogP contribution in [-0.2, 0) is 11.0 Å². The highest BCUT2D eigenvalue weighted by Crippen LogP contribution is 2.38. The maximum absolute atomic E-state index is 13.4. The molecule has 0 bridgehead atoms. The Morgan fingerprint density at radius 2 is 1.61 bits per heavy atom. The number of halogens is 3. The van der Waals surface area contributed by atoms with Gasteiger partial charge in [-0.2, -0.15) is 13.2 Å². The maximum atomic E-state index is 13.4. The lowest BCUT2D eigenvalue weighted by molar-refractivity contribution is -0.141. The summed E-state index contributed by atoms with van der Waals surface area (Å²) in [7, 11) is 0. The van der Waals surface area contributed by atoms with E-state index in [1.165, 1.54) is 19.1 Å². The molecule has 5 nitrogen and oxygen atoms in total. The molecule has 0 saturated carbocycles. The third-order valence-electron chi connectivity index (χ3n) is 3.56. The number of hydrogen-bond acceptors (Lipinski definition) is 4. The molecule has 0 spiro atoms. The van der Waals surface area contributed by atoms with Gasteiger partial charge in [0.05, 0.1) is 0 Å². The van der Waals surface area contributed by atoms with Crippen molar-refractivity contribution in [3.05, 3.63) is 65.2 Å². The number of hydrogen-bond donors (Lipinski definition) is 2. The first-order valence-corrected chi connectivity index (χ1v) is 8.88. The summed E-state index contributed by atoms with van der Waals surface area (Å²) in [5.41, 5.74) is -0.0776. The molecular weight excluding hydrogens is 391 g/mol. The van der Waals surface area contributed by atoms with E-state index in [0.29, 0.717) is 22.6 Å². The van der Waals surface area contributed by atoms with E-state index in [4.69, 9.17) is 0 Å². The van der Waals surface area contributed by atoms with Gasteiger partial charge >= 0.3 is 6.18 Å². The third kappa shape index (κ3) is 4.55. The summed E-state index contributed by atoms with van der Waals surface area (Å²) in [6.07, 6.45) is -4.77. The number of anilines is 2. The Hall–Kier alpha value is -3.20. The molecule has 0 fully saturated rings. The predicted molar refractivity (Wildman–Crippen MR) is 101 cm³/mol. The van der Waals surface area contributed by atoms with Crippen LogP contribution < -0.4 is 10.6 Å². The number of nitrogens with zero attached hydrogens (tertiary/aromatic N) is 1. The van der Waals surface area contributed by atoms with Crippen molar-refractivity contribution < 1.29 is 22.8 Å². The summed E-state index contributed by atoms with van der Waals surface area (Å²) in [6.45, 7) is 1.32. The molecule has 2 amide bonds. The first-order chi connectivity index (χ1) is 13.2. The Morgan fingerprint density at radius 3 is 2.21 bits per heavy atom. The van der Waals surface area contributed by atoms with Crippen molar-refractivity contribution in [1.82, 2.24) is 4.98 Å². The van der Waals surface area contributed by atoms with Crippen molar-refractivity contribution in [3.8, 4) is 10.6 Å². The van der Waals surface area contributed by atoms with Crippen LogP contribution in [0.5, 0.6) is 0 Å². The lowest BCUT2D eigenvalue weighted by atomic mass is 10.2. The van der Waals surface area contributed by atoms with Gasteiger partial charge in [0.25, 0.3) is 5.91 Å². The lowest BCUT2D eigenvalue weighted by Crippen LogP contribution is -2.17. The molecule has 0 radical (unpaired) electrons. The standard InChI is InChI=1S/C19H14F3N3O2S/c1-11(26)23-13-8-5-9-14(10-13)24-17(27)15-16(19(20,21)22)25-18(28-15)12-6-3-2-4-7-12/h2-10H,1H3,(H,23,26)(H,24,27). The lowest BCUT2D eigenvalue weighted by Gasteiger charge is -2.09. The van der Waals surface area contributed by atoms with E-state index in [2.05, 4.69) is 15.6 Å². The Bertz CT molecular complexity index is 1020. The highest BCUT2D eigenvalue weighted by molar-refractivity contribution is 7.17. The zero-order valence-corrected chi connectivity index (χ0v) is 15.3. The molecule has 9 heteroatoms. The fraction of sp³-hybridized carbons (Fsp3) is 0.105. The number of amides is 2. The van der Waals surface area contributed by atoms with Gasteiger partial charge in [-0.3, -0.25) is 9.59 Å². The van der Waals surface area contributed by atoms with Gasteiger partial charge in [-0.05, 0) is 18.2 Å². The fourth-order valence-corrected chi connectivity index (χ4v) is 3.42. The van der Waals surface area contributed by atoms with Crippen molar-refractivity contribution in [2.45, 2.75) is 13.1 Å². The first-order valence-electron chi connectivity index (χ1n) is 8.06. The van der Waals surface area contributed by atoms with E-state index < -0.39 is 22.7 Å². The van der Waals surface area contributed by atoms with Gasteiger partial charge in [0, 0.05) is 23.9 Å². The SMILES string of the molecule is CC(=O)Nc1cccc(NC(=O)c2sc(-c3ccccc3)nc2C(F)(F)F)c1. The summed E-state index contributed by atoms with van der Waals surface area (Å²) < 4.78 is 40.2. The van der Waals surface area contributed by atoms with E-state index in [1.54, 1.807) is 42.5 Å². The van der Waals surface area contributed by atoms with Crippen LogP contribution in [0.3, 0.4) is 0 Å². The van der Waals surface area contributed by atoms with E-state index >= 15 is 0 Å².